The molecule has 0 spiro atoms. The van der Waals surface area contributed by atoms with Crippen LogP contribution in [-0.4, -0.2) is 7.05 Å². The third kappa shape index (κ3) is 2.73. The van der Waals surface area contributed by atoms with E-state index in [0.717, 1.165) is 12.8 Å². The second-order valence-corrected chi connectivity index (χ2v) is 6.38. The first-order valence-electron chi connectivity index (χ1n) is 7.27. The molecule has 22 heavy (non-hydrogen) atoms. The molecule has 1 aliphatic rings. The molecule has 0 amide bonds. The summed E-state index contributed by atoms with van der Waals surface area (Å²) in [5, 5.41) is 4.53. The van der Waals surface area contributed by atoms with E-state index in [1.54, 1.807) is 0 Å². The third-order valence-electron chi connectivity index (χ3n) is 4.39. The topological polar surface area (TPSA) is 16.4 Å². The van der Waals surface area contributed by atoms with E-state index >= 15 is 0 Å². The van der Waals surface area contributed by atoms with Crippen LogP contribution in [0.3, 0.4) is 0 Å². The molecule has 0 aromatic heterocycles. The predicted octanol–water partition coefficient (Wildman–Crippen LogP) is 5.73. The van der Waals surface area contributed by atoms with Gasteiger partial charge in [-0.15, -0.1) is 0 Å². The molecule has 0 fully saturated rings. The molecule has 0 unspecified atom stereocenters. The van der Waals surface area contributed by atoms with Crippen LogP contribution >= 0.6 is 23.2 Å². The molecule has 3 rings (SSSR count). The van der Waals surface area contributed by atoms with Crippen molar-refractivity contribution in [2.45, 2.75) is 24.8 Å². The van der Waals surface area contributed by atoms with Gasteiger partial charge in [-0.2, -0.15) is 0 Å². The largest absolute Gasteiger partial charge is 0.313 e. The lowest BCUT2D eigenvalue weighted by molar-refractivity contribution is 0.471. The lowest BCUT2D eigenvalue weighted by Gasteiger charge is -2.32. The average molecular weight is 331 g/mol. The predicted molar refractivity (Wildman–Crippen MR) is 92.0 cm³/mol. The molecular weight excluding hydrogens is 315 g/mol. The first-order chi connectivity index (χ1) is 10.6. The van der Waals surface area contributed by atoms with Gasteiger partial charge in [-0.25, -0.2) is 4.85 Å². The second-order valence-electron chi connectivity index (χ2n) is 5.57. The zero-order valence-electron chi connectivity index (χ0n) is 12.2. The van der Waals surface area contributed by atoms with Gasteiger partial charge in [0.15, 0.2) is 5.69 Å². The Morgan fingerprint density at radius 2 is 1.86 bits per heavy atom. The van der Waals surface area contributed by atoms with Crippen LogP contribution in [-0.2, 0) is 0 Å². The second kappa shape index (κ2) is 6.30. The van der Waals surface area contributed by atoms with Crippen molar-refractivity contribution in [3.05, 3.63) is 74.6 Å². The molecule has 0 bridgehead atoms. The summed E-state index contributed by atoms with van der Waals surface area (Å²) < 4.78 is 0. The van der Waals surface area contributed by atoms with Gasteiger partial charge in [0.2, 0.25) is 0 Å². The van der Waals surface area contributed by atoms with Crippen LogP contribution < -0.4 is 5.32 Å². The highest BCUT2D eigenvalue weighted by Gasteiger charge is 2.27. The first-order valence-corrected chi connectivity index (χ1v) is 8.03. The van der Waals surface area contributed by atoms with Crippen molar-refractivity contribution in [2.75, 3.05) is 7.05 Å². The van der Waals surface area contributed by atoms with Crippen LogP contribution in [0, 0.1) is 6.57 Å². The van der Waals surface area contributed by atoms with Gasteiger partial charge in [-0.05, 0) is 48.7 Å². The van der Waals surface area contributed by atoms with Crippen LogP contribution in [0.1, 0.15) is 41.5 Å². The molecule has 0 radical (unpaired) electrons. The molecule has 1 aliphatic carbocycles. The Kier molecular flexibility index (Phi) is 4.40. The Morgan fingerprint density at radius 1 is 1.05 bits per heavy atom. The maximum Gasteiger partial charge on any atom is 0.187 e. The van der Waals surface area contributed by atoms with Crippen LogP contribution in [0.4, 0.5) is 5.69 Å². The van der Waals surface area contributed by atoms with Gasteiger partial charge in [0, 0.05) is 12.0 Å². The Hall–Kier alpha value is -1.53. The standard InChI is InChI=1S/C18H16Cl2N2/c1-21-12-4-5-14-13(6-8-18(22-2)15(14)10-12)11-3-7-16(19)17(20)9-11/h3-5,7,9-10,13,18,22H,6,8H2,2H3/t13-,18-/m0/s1. The summed E-state index contributed by atoms with van der Waals surface area (Å²) in [4.78, 5) is 3.55. The lowest BCUT2D eigenvalue weighted by atomic mass is 9.76. The van der Waals surface area contributed by atoms with E-state index in [9.17, 15) is 0 Å². The molecule has 0 heterocycles. The fourth-order valence-corrected chi connectivity index (χ4v) is 3.58. The number of nitrogens with zero attached hydrogens (tertiary/aromatic N) is 1. The van der Waals surface area contributed by atoms with E-state index < -0.39 is 0 Å². The lowest BCUT2D eigenvalue weighted by Crippen LogP contribution is -2.24. The minimum Gasteiger partial charge on any atom is -0.313 e. The third-order valence-corrected chi connectivity index (χ3v) is 5.13. The maximum absolute atomic E-state index is 7.22. The number of hydrogen-bond acceptors (Lipinski definition) is 1. The highest BCUT2D eigenvalue weighted by molar-refractivity contribution is 6.42. The van der Waals surface area contributed by atoms with E-state index in [1.165, 1.54) is 16.7 Å². The monoisotopic (exact) mass is 330 g/mol. The molecular formula is C18H16Cl2N2. The summed E-state index contributed by atoms with van der Waals surface area (Å²) >= 11 is 12.2. The summed E-state index contributed by atoms with van der Waals surface area (Å²) in [6.45, 7) is 7.22. The number of halogens is 2. The van der Waals surface area contributed by atoms with Gasteiger partial charge in [-0.3, -0.25) is 0 Å². The molecule has 4 heteroatoms. The maximum atomic E-state index is 7.22. The minimum absolute atomic E-state index is 0.300. The molecule has 0 saturated heterocycles. The van der Waals surface area contributed by atoms with E-state index in [4.69, 9.17) is 29.8 Å². The van der Waals surface area contributed by atoms with Crippen LogP contribution in [0.5, 0.6) is 0 Å². The van der Waals surface area contributed by atoms with Gasteiger partial charge in [-0.1, -0.05) is 47.5 Å². The minimum atomic E-state index is 0.300. The number of hydrogen-bond donors (Lipinski definition) is 1. The highest BCUT2D eigenvalue weighted by Crippen LogP contribution is 2.43. The van der Waals surface area contributed by atoms with Crippen molar-refractivity contribution in [3.63, 3.8) is 0 Å². The normalized spacial score (nSPS) is 20.3. The molecule has 0 saturated carbocycles. The van der Waals surface area contributed by atoms with Gasteiger partial charge < -0.3 is 5.32 Å². The SMILES string of the molecule is [C-]#[N+]c1ccc2c(c1)[C@@H](NC)CC[C@H]2c1ccc(Cl)c(Cl)c1. The summed E-state index contributed by atoms with van der Waals surface area (Å²) in [5.74, 6) is 0.300. The number of fused-ring (bicyclic) bond motifs is 1. The smallest absolute Gasteiger partial charge is 0.187 e. The van der Waals surface area contributed by atoms with Gasteiger partial charge >= 0.3 is 0 Å². The van der Waals surface area contributed by atoms with Gasteiger partial charge in [0.05, 0.1) is 16.6 Å². The zero-order valence-corrected chi connectivity index (χ0v) is 13.7. The molecule has 2 aromatic carbocycles. The van der Waals surface area contributed by atoms with Crippen molar-refractivity contribution in [2.24, 2.45) is 0 Å². The number of rotatable bonds is 2. The number of nitrogens with one attached hydrogen (secondary N) is 1. The summed E-state index contributed by atoms with van der Waals surface area (Å²) in [5.41, 5.74) is 4.37. The zero-order chi connectivity index (χ0) is 15.7. The van der Waals surface area contributed by atoms with Crippen LogP contribution in [0.2, 0.25) is 10.0 Å². The number of benzene rings is 2. The van der Waals surface area contributed by atoms with E-state index in [1.807, 2.05) is 37.4 Å². The van der Waals surface area contributed by atoms with Gasteiger partial charge in [0.25, 0.3) is 0 Å². The highest BCUT2D eigenvalue weighted by atomic mass is 35.5. The Bertz CT molecular complexity index is 749. The van der Waals surface area contributed by atoms with Crippen molar-refractivity contribution >= 4 is 28.9 Å². The summed E-state index contributed by atoms with van der Waals surface area (Å²) in [7, 11) is 1.97. The van der Waals surface area contributed by atoms with Gasteiger partial charge in [0.1, 0.15) is 0 Å². The van der Waals surface area contributed by atoms with Crippen LogP contribution in [0.25, 0.3) is 4.85 Å². The fraction of sp³-hybridized carbons (Fsp3) is 0.278. The Morgan fingerprint density at radius 3 is 2.55 bits per heavy atom. The van der Waals surface area contributed by atoms with E-state index in [2.05, 4.69) is 16.2 Å². The van der Waals surface area contributed by atoms with Crippen molar-refractivity contribution in [1.29, 1.82) is 0 Å². The Balaban J connectivity index is 2.09. The molecule has 1 N–H and O–H groups in total. The molecule has 0 aliphatic heterocycles. The quantitative estimate of drug-likeness (QED) is 0.695. The van der Waals surface area contributed by atoms with E-state index in [-0.39, 0.29) is 0 Å². The molecule has 2 atom stereocenters. The summed E-state index contributed by atoms with van der Waals surface area (Å²) in [6.07, 6.45) is 2.09. The average Bonchev–Trinajstić information content (AvgIpc) is 2.55. The molecule has 2 aromatic rings. The van der Waals surface area contributed by atoms with Crippen LogP contribution in [0.15, 0.2) is 36.4 Å². The summed E-state index contributed by atoms with van der Waals surface area (Å²) in [6, 6.07) is 12.2. The Labute approximate surface area is 140 Å². The molecule has 112 valence electrons. The van der Waals surface area contributed by atoms with Crippen molar-refractivity contribution in [1.82, 2.24) is 5.32 Å². The van der Waals surface area contributed by atoms with Crippen molar-refractivity contribution < 1.29 is 0 Å². The first kappa shape index (κ1) is 15.4. The molecule has 2 nitrogen and oxygen atoms in total. The fourth-order valence-electron chi connectivity index (χ4n) is 3.27. The van der Waals surface area contributed by atoms with E-state index in [0.29, 0.717) is 27.7 Å². The van der Waals surface area contributed by atoms with Crippen molar-refractivity contribution in [3.8, 4) is 0 Å².